The van der Waals surface area contributed by atoms with Gasteiger partial charge in [-0.3, -0.25) is 14.4 Å². The van der Waals surface area contributed by atoms with Crippen LogP contribution in [-0.2, 0) is 9.59 Å². The second kappa shape index (κ2) is 6.03. The molecule has 2 amide bonds. The summed E-state index contributed by atoms with van der Waals surface area (Å²) in [5.74, 6) is -1.35. The van der Waals surface area contributed by atoms with Crippen molar-refractivity contribution in [3.05, 3.63) is 27.7 Å². The Hall–Kier alpha value is -1.59. The molecule has 1 aromatic carbocycles. The lowest BCUT2D eigenvalue weighted by molar-refractivity contribution is -0.128. The average Bonchev–Trinajstić information content (AvgIpc) is 2.68. The van der Waals surface area contributed by atoms with Crippen LogP contribution < -0.4 is 4.90 Å². The van der Waals surface area contributed by atoms with Crippen molar-refractivity contribution in [2.45, 2.75) is 12.8 Å². The van der Waals surface area contributed by atoms with Crippen LogP contribution in [0.25, 0.3) is 0 Å². The second-order valence-electron chi connectivity index (χ2n) is 4.93. The molecule has 0 N–H and O–H groups in total. The molecule has 112 valence electrons. The van der Waals surface area contributed by atoms with E-state index >= 15 is 0 Å². The summed E-state index contributed by atoms with van der Waals surface area (Å²) in [5.41, 5.74) is 0.490. The summed E-state index contributed by atoms with van der Waals surface area (Å²) in [7, 11) is 3.33. The van der Waals surface area contributed by atoms with Gasteiger partial charge in [0, 0.05) is 27.1 Å². The molecule has 1 aliphatic rings. The van der Waals surface area contributed by atoms with Gasteiger partial charge in [0.15, 0.2) is 0 Å². The molecule has 0 atom stereocenters. The van der Waals surface area contributed by atoms with Gasteiger partial charge in [0.2, 0.25) is 5.91 Å². The van der Waals surface area contributed by atoms with Crippen LogP contribution in [0.5, 0.6) is 0 Å². The topological polar surface area (TPSA) is 57.7 Å². The molecular formula is C14H14Cl2N2O3. The number of hydrogen-bond donors (Lipinski definition) is 0. The van der Waals surface area contributed by atoms with Gasteiger partial charge in [-0.05, 0) is 18.6 Å². The predicted molar refractivity (Wildman–Crippen MR) is 81.1 cm³/mol. The number of ketones is 1. The number of carbonyl (C=O) groups is 3. The summed E-state index contributed by atoms with van der Waals surface area (Å²) >= 11 is 12.1. The second-order valence-corrected chi connectivity index (χ2v) is 5.74. The average molecular weight is 329 g/mol. The van der Waals surface area contributed by atoms with Crippen molar-refractivity contribution in [1.29, 1.82) is 0 Å². The molecule has 7 heteroatoms. The standard InChI is InChI=1S/C14H14Cl2N2O3/c1-17(2)10(19)4-3-7-18-12-9(16)6-5-8(15)11(12)13(20)14(18)21/h5-6H,3-4,7H2,1-2H3. The zero-order chi connectivity index (χ0) is 15.7. The number of carbonyl (C=O) groups excluding carboxylic acids is 3. The van der Waals surface area contributed by atoms with Crippen molar-refractivity contribution >= 4 is 46.5 Å². The molecule has 0 saturated carbocycles. The fraction of sp³-hybridized carbons (Fsp3) is 0.357. The molecule has 1 aliphatic heterocycles. The maximum Gasteiger partial charge on any atom is 0.299 e. The van der Waals surface area contributed by atoms with Gasteiger partial charge in [0.25, 0.3) is 11.7 Å². The summed E-state index contributed by atoms with van der Waals surface area (Å²) in [6.07, 6.45) is 0.733. The Kier molecular flexibility index (Phi) is 4.54. The van der Waals surface area contributed by atoms with Crippen LogP contribution in [0.2, 0.25) is 10.0 Å². The fourth-order valence-corrected chi connectivity index (χ4v) is 2.68. The highest BCUT2D eigenvalue weighted by atomic mass is 35.5. The van der Waals surface area contributed by atoms with Crippen LogP contribution in [0.4, 0.5) is 5.69 Å². The number of amides is 2. The molecule has 0 aromatic heterocycles. The molecule has 0 saturated heterocycles. The van der Waals surface area contributed by atoms with E-state index in [1.165, 1.54) is 15.9 Å². The number of rotatable bonds is 4. The summed E-state index contributed by atoms with van der Waals surface area (Å²) in [6, 6.07) is 3.04. The Labute approximate surface area is 132 Å². The van der Waals surface area contributed by atoms with Gasteiger partial charge in [-0.2, -0.15) is 0 Å². The van der Waals surface area contributed by atoms with E-state index in [0.717, 1.165) is 0 Å². The first-order valence-electron chi connectivity index (χ1n) is 6.39. The van der Waals surface area contributed by atoms with Gasteiger partial charge in [-0.25, -0.2) is 0 Å². The predicted octanol–water partition coefficient (Wildman–Crippen LogP) is 2.39. The van der Waals surface area contributed by atoms with Crippen LogP contribution in [0.15, 0.2) is 12.1 Å². The molecule has 1 aromatic rings. The largest absolute Gasteiger partial charge is 0.349 e. The Morgan fingerprint density at radius 3 is 2.43 bits per heavy atom. The van der Waals surface area contributed by atoms with Crippen LogP contribution in [0, 0.1) is 0 Å². The highest BCUT2D eigenvalue weighted by Crippen LogP contribution is 2.39. The lowest BCUT2D eigenvalue weighted by Crippen LogP contribution is -2.32. The van der Waals surface area contributed by atoms with Gasteiger partial charge in [-0.1, -0.05) is 23.2 Å². The number of anilines is 1. The van der Waals surface area contributed by atoms with Crippen molar-refractivity contribution in [1.82, 2.24) is 4.90 Å². The summed E-state index contributed by atoms with van der Waals surface area (Å²) < 4.78 is 0. The number of benzene rings is 1. The molecule has 1 heterocycles. The lowest BCUT2D eigenvalue weighted by atomic mass is 10.1. The minimum absolute atomic E-state index is 0.0367. The molecule has 0 aliphatic carbocycles. The number of fused-ring (bicyclic) bond motifs is 1. The Morgan fingerprint density at radius 2 is 1.81 bits per heavy atom. The van der Waals surface area contributed by atoms with E-state index in [-0.39, 0.29) is 23.0 Å². The molecule has 21 heavy (non-hydrogen) atoms. The third-order valence-corrected chi connectivity index (χ3v) is 3.91. The normalized spacial score (nSPS) is 13.6. The maximum absolute atomic E-state index is 12.0. The monoisotopic (exact) mass is 328 g/mol. The molecule has 5 nitrogen and oxygen atoms in total. The van der Waals surface area contributed by atoms with E-state index in [2.05, 4.69) is 0 Å². The third-order valence-electron chi connectivity index (χ3n) is 3.29. The Bertz CT molecular complexity index is 629. The van der Waals surface area contributed by atoms with E-state index in [0.29, 0.717) is 23.6 Å². The Balaban J connectivity index is 2.20. The molecule has 0 unspecified atom stereocenters. The van der Waals surface area contributed by atoms with Crippen LogP contribution in [0.1, 0.15) is 23.2 Å². The third kappa shape index (κ3) is 2.89. The van der Waals surface area contributed by atoms with Crippen molar-refractivity contribution in [3.8, 4) is 0 Å². The highest BCUT2D eigenvalue weighted by molar-refractivity contribution is 6.56. The molecule has 0 fully saturated rings. The van der Waals surface area contributed by atoms with Crippen LogP contribution >= 0.6 is 23.2 Å². The van der Waals surface area contributed by atoms with Crippen molar-refractivity contribution in [3.63, 3.8) is 0 Å². The van der Waals surface area contributed by atoms with Gasteiger partial charge in [0.1, 0.15) is 0 Å². The zero-order valence-corrected chi connectivity index (χ0v) is 13.2. The van der Waals surface area contributed by atoms with E-state index in [1.807, 2.05) is 0 Å². The van der Waals surface area contributed by atoms with Crippen molar-refractivity contribution in [2.24, 2.45) is 0 Å². The maximum atomic E-state index is 12.0. The number of Topliss-reactive ketones (excluding diaryl/α,β-unsaturated/α-hetero) is 1. The molecule has 2 rings (SSSR count). The summed E-state index contributed by atoms with van der Waals surface area (Å²) in [6.45, 7) is 0.247. The Morgan fingerprint density at radius 1 is 1.19 bits per heavy atom. The fourth-order valence-electron chi connectivity index (χ4n) is 2.18. The van der Waals surface area contributed by atoms with Gasteiger partial charge in [-0.15, -0.1) is 0 Å². The highest BCUT2D eigenvalue weighted by Gasteiger charge is 2.38. The molecule has 0 bridgehead atoms. The van der Waals surface area contributed by atoms with Crippen LogP contribution in [-0.4, -0.2) is 43.1 Å². The van der Waals surface area contributed by atoms with E-state index in [4.69, 9.17) is 23.2 Å². The van der Waals surface area contributed by atoms with Gasteiger partial charge >= 0.3 is 0 Å². The zero-order valence-electron chi connectivity index (χ0n) is 11.7. The van der Waals surface area contributed by atoms with Crippen molar-refractivity contribution < 1.29 is 14.4 Å². The SMILES string of the molecule is CN(C)C(=O)CCCN1C(=O)C(=O)c2c(Cl)ccc(Cl)c21. The number of halogens is 2. The van der Waals surface area contributed by atoms with E-state index in [1.54, 1.807) is 20.2 Å². The minimum Gasteiger partial charge on any atom is -0.349 e. The summed E-state index contributed by atoms with van der Waals surface area (Å²) in [5, 5.41) is 0.507. The summed E-state index contributed by atoms with van der Waals surface area (Å²) in [4.78, 5) is 38.3. The minimum atomic E-state index is -0.656. The van der Waals surface area contributed by atoms with Gasteiger partial charge in [0.05, 0.1) is 21.3 Å². The lowest BCUT2D eigenvalue weighted by Gasteiger charge is -2.18. The first-order chi connectivity index (χ1) is 9.84. The smallest absolute Gasteiger partial charge is 0.299 e. The first kappa shape index (κ1) is 15.8. The molecule has 0 spiro atoms. The molecule has 0 radical (unpaired) electrons. The van der Waals surface area contributed by atoms with E-state index < -0.39 is 11.7 Å². The first-order valence-corrected chi connectivity index (χ1v) is 7.14. The molecular weight excluding hydrogens is 315 g/mol. The van der Waals surface area contributed by atoms with Crippen molar-refractivity contribution in [2.75, 3.05) is 25.5 Å². The van der Waals surface area contributed by atoms with E-state index in [9.17, 15) is 14.4 Å². The number of hydrogen-bond acceptors (Lipinski definition) is 3. The van der Waals surface area contributed by atoms with Gasteiger partial charge < -0.3 is 9.80 Å². The van der Waals surface area contributed by atoms with Crippen LogP contribution in [0.3, 0.4) is 0 Å². The number of nitrogens with zero attached hydrogens (tertiary/aromatic N) is 2. The quantitative estimate of drug-likeness (QED) is 0.797.